The zero-order chi connectivity index (χ0) is 24.4. The van der Waals surface area contributed by atoms with E-state index in [2.05, 4.69) is 39.5 Å². The maximum absolute atomic E-state index is 13.1. The summed E-state index contributed by atoms with van der Waals surface area (Å²) in [6.45, 7) is 2.48. The molecule has 0 spiro atoms. The number of urea groups is 1. The van der Waals surface area contributed by atoms with Gasteiger partial charge in [-0.25, -0.2) is 9.59 Å². The molecule has 0 bridgehead atoms. The molecule has 2 aromatic heterocycles. The number of aromatic nitrogens is 1. The van der Waals surface area contributed by atoms with Crippen LogP contribution in [0.3, 0.4) is 0 Å². The molecule has 1 aliphatic heterocycles. The number of methoxy groups -OCH3 is 1. The Labute approximate surface area is 210 Å². The minimum Gasteiger partial charge on any atom is -0.465 e. The number of esters is 1. The van der Waals surface area contributed by atoms with E-state index >= 15 is 0 Å². The summed E-state index contributed by atoms with van der Waals surface area (Å²) < 4.78 is 7.25. The first kappa shape index (κ1) is 23.9. The molecule has 0 radical (unpaired) electrons. The molecule has 186 valence electrons. The molecule has 0 aromatic carbocycles. The number of anilines is 1. The Morgan fingerprint density at radius 1 is 1.06 bits per heavy atom. The van der Waals surface area contributed by atoms with Crippen LogP contribution in [0.1, 0.15) is 59.3 Å². The molecule has 8 heteroatoms. The van der Waals surface area contributed by atoms with Crippen LogP contribution in [0.15, 0.2) is 41.2 Å². The number of hydrogen-bond donors (Lipinski definition) is 2. The van der Waals surface area contributed by atoms with E-state index in [1.54, 1.807) is 0 Å². The normalized spacial score (nSPS) is 18.6. The molecule has 2 aromatic rings. The van der Waals surface area contributed by atoms with Gasteiger partial charge >= 0.3 is 12.0 Å². The molecule has 35 heavy (non-hydrogen) atoms. The summed E-state index contributed by atoms with van der Waals surface area (Å²) in [5.41, 5.74) is 6.99. The van der Waals surface area contributed by atoms with E-state index in [1.165, 1.54) is 45.7 Å². The molecular weight excluding hydrogens is 460 g/mol. The number of amides is 2. The number of allylic oxidation sites excluding steroid dienone is 1. The summed E-state index contributed by atoms with van der Waals surface area (Å²) in [4.78, 5) is 29.2. The van der Waals surface area contributed by atoms with Crippen molar-refractivity contribution in [3.05, 3.63) is 57.2 Å². The minimum atomic E-state index is -0.373. The molecule has 0 fully saturated rings. The lowest BCUT2D eigenvalue weighted by Gasteiger charge is -2.29. The number of likely N-dealkylation sites (N-methyl/N-ethyl adjacent to an activating group) is 1. The van der Waals surface area contributed by atoms with Crippen molar-refractivity contribution in [1.29, 1.82) is 0 Å². The number of carbonyl (C=O) groups is 2. The van der Waals surface area contributed by atoms with Gasteiger partial charge in [0, 0.05) is 42.6 Å². The van der Waals surface area contributed by atoms with E-state index in [1.807, 2.05) is 12.1 Å². The summed E-state index contributed by atoms with van der Waals surface area (Å²) in [7, 11) is 3.57. The van der Waals surface area contributed by atoms with Crippen LogP contribution in [0.25, 0.3) is 5.70 Å². The van der Waals surface area contributed by atoms with Crippen LogP contribution < -0.4 is 10.6 Å². The van der Waals surface area contributed by atoms with Gasteiger partial charge in [0.15, 0.2) is 0 Å². The Bertz CT molecular complexity index is 1180. The van der Waals surface area contributed by atoms with Crippen molar-refractivity contribution in [3.8, 4) is 0 Å². The maximum atomic E-state index is 13.1. The number of fused-ring (bicyclic) bond motifs is 1. The molecule has 2 aliphatic carbocycles. The molecule has 2 N–H and O–H groups in total. The monoisotopic (exact) mass is 494 g/mol. The largest absolute Gasteiger partial charge is 0.465 e. The van der Waals surface area contributed by atoms with Gasteiger partial charge in [0.25, 0.3) is 0 Å². The Balaban J connectivity index is 1.39. The topological polar surface area (TPSA) is 75.6 Å². The van der Waals surface area contributed by atoms with E-state index in [9.17, 15) is 9.59 Å². The first-order chi connectivity index (χ1) is 17.0. The maximum Gasteiger partial charge on any atom is 0.341 e. The molecule has 7 nitrogen and oxygen atoms in total. The quantitative estimate of drug-likeness (QED) is 0.570. The Morgan fingerprint density at radius 3 is 2.66 bits per heavy atom. The second kappa shape index (κ2) is 10.4. The van der Waals surface area contributed by atoms with Crippen molar-refractivity contribution >= 4 is 34.0 Å². The molecule has 5 rings (SSSR count). The predicted molar refractivity (Wildman–Crippen MR) is 140 cm³/mol. The van der Waals surface area contributed by atoms with Gasteiger partial charge in [-0.3, -0.25) is 5.32 Å². The summed E-state index contributed by atoms with van der Waals surface area (Å²) in [5.74, 6) is -0.373. The number of carbonyl (C=O) groups excluding carboxylic acids is 2. The third-order valence-electron chi connectivity index (χ3n) is 7.37. The average Bonchev–Trinajstić information content (AvgIpc) is 3.47. The Hall–Kier alpha value is -2.84. The highest BCUT2D eigenvalue weighted by atomic mass is 32.1. The first-order valence-corrected chi connectivity index (χ1v) is 13.4. The van der Waals surface area contributed by atoms with Crippen LogP contribution in [-0.2, 0) is 17.6 Å². The SMILES string of the molecule is COC(=O)c1c(NC(=O)NCC2=C(n3cccc3)CCCC3=C2CCN(C)C3)sc2c1CCCC2. The van der Waals surface area contributed by atoms with Crippen molar-refractivity contribution in [1.82, 2.24) is 14.8 Å². The van der Waals surface area contributed by atoms with Crippen LogP contribution in [0.4, 0.5) is 9.80 Å². The van der Waals surface area contributed by atoms with Crippen molar-refractivity contribution in [2.24, 2.45) is 0 Å². The van der Waals surface area contributed by atoms with Crippen LogP contribution in [0.5, 0.6) is 0 Å². The van der Waals surface area contributed by atoms with Crippen LogP contribution in [0.2, 0.25) is 0 Å². The smallest absolute Gasteiger partial charge is 0.341 e. The second-order valence-electron chi connectivity index (χ2n) is 9.65. The molecule has 2 amide bonds. The molecule has 0 saturated heterocycles. The van der Waals surface area contributed by atoms with Gasteiger partial charge in [-0.15, -0.1) is 11.3 Å². The zero-order valence-electron chi connectivity index (χ0n) is 20.6. The lowest BCUT2D eigenvalue weighted by atomic mass is 9.92. The van der Waals surface area contributed by atoms with Crippen LogP contribution >= 0.6 is 11.3 Å². The van der Waals surface area contributed by atoms with Crippen molar-refractivity contribution in [2.75, 3.05) is 39.1 Å². The predicted octanol–water partition coefficient (Wildman–Crippen LogP) is 5.06. The number of rotatable bonds is 5. The van der Waals surface area contributed by atoms with Crippen molar-refractivity contribution in [2.45, 2.75) is 51.4 Å². The first-order valence-electron chi connectivity index (χ1n) is 12.6. The van der Waals surface area contributed by atoms with E-state index in [4.69, 9.17) is 4.74 Å². The number of hydrogen-bond acceptors (Lipinski definition) is 5. The fourth-order valence-corrected chi connectivity index (χ4v) is 6.94. The molecule has 0 saturated carbocycles. The fourth-order valence-electron chi connectivity index (χ4n) is 5.66. The number of aryl methyl sites for hydroxylation is 1. The number of thiophene rings is 1. The highest BCUT2D eigenvalue weighted by molar-refractivity contribution is 7.17. The van der Waals surface area contributed by atoms with E-state index in [0.717, 1.165) is 70.0 Å². The summed E-state index contributed by atoms with van der Waals surface area (Å²) in [6, 6.07) is 3.81. The van der Waals surface area contributed by atoms with E-state index in [-0.39, 0.29) is 12.0 Å². The minimum absolute atomic E-state index is 0.285. The van der Waals surface area contributed by atoms with Gasteiger partial charge in [-0.2, -0.15) is 0 Å². The third-order valence-corrected chi connectivity index (χ3v) is 8.57. The van der Waals surface area contributed by atoms with Gasteiger partial charge in [0.05, 0.1) is 12.7 Å². The van der Waals surface area contributed by atoms with Gasteiger partial charge in [0.2, 0.25) is 0 Å². The number of ether oxygens (including phenoxy) is 1. The zero-order valence-corrected chi connectivity index (χ0v) is 21.4. The highest BCUT2D eigenvalue weighted by Crippen LogP contribution is 2.39. The standard InChI is InChI=1S/C27H34N4O3S/c1-30-15-12-19-18(17-30)8-7-10-22(31-13-5-6-14-31)21(19)16-28-27(33)29-25-24(26(32)34-2)20-9-3-4-11-23(20)35-25/h5-6,13-14H,3-4,7-12,15-17H2,1-2H3,(H2,28,29,33). The molecule has 3 aliphatic rings. The highest BCUT2D eigenvalue weighted by Gasteiger charge is 2.28. The van der Waals surface area contributed by atoms with Gasteiger partial charge in [-0.05, 0) is 87.3 Å². The van der Waals surface area contributed by atoms with Gasteiger partial charge < -0.3 is 19.5 Å². The van der Waals surface area contributed by atoms with Crippen molar-refractivity contribution < 1.29 is 14.3 Å². The summed E-state index contributed by atoms with van der Waals surface area (Å²) in [6.07, 6.45) is 12.4. The molecule has 0 unspecified atom stereocenters. The fraction of sp³-hybridized carbons (Fsp3) is 0.481. The second-order valence-corrected chi connectivity index (χ2v) is 10.8. The summed E-state index contributed by atoms with van der Waals surface area (Å²) in [5, 5.41) is 6.69. The van der Waals surface area contributed by atoms with Crippen molar-refractivity contribution in [3.63, 3.8) is 0 Å². The lowest BCUT2D eigenvalue weighted by Crippen LogP contribution is -2.33. The Morgan fingerprint density at radius 2 is 1.86 bits per heavy atom. The van der Waals surface area contributed by atoms with Crippen LogP contribution in [0, 0.1) is 0 Å². The molecular formula is C27H34N4O3S. The average molecular weight is 495 g/mol. The van der Waals surface area contributed by atoms with Crippen LogP contribution in [-0.4, -0.2) is 55.3 Å². The molecule has 0 atom stereocenters. The summed E-state index contributed by atoms with van der Waals surface area (Å²) >= 11 is 1.51. The number of nitrogens with one attached hydrogen (secondary N) is 2. The lowest BCUT2D eigenvalue weighted by molar-refractivity contribution is 0.0601. The Kier molecular flexibility index (Phi) is 7.11. The van der Waals surface area contributed by atoms with Gasteiger partial charge in [0.1, 0.15) is 5.00 Å². The molecule has 3 heterocycles. The third kappa shape index (κ3) is 4.95. The van der Waals surface area contributed by atoms with E-state index < -0.39 is 0 Å². The number of nitrogens with zero attached hydrogens (tertiary/aromatic N) is 2. The van der Waals surface area contributed by atoms with E-state index in [0.29, 0.717) is 17.1 Å². The van der Waals surface area contributed by atoms with Gasteiger partial charge in [-0.1, -0.05) is 5.57 Å².